The first kappa shape index (κ1) is 12.9. The Balaban J connectivity index is 1.92. The monoisotopic (exact) mass is 297 g/mol. The highest BCUT2D eigenvalue weighted by atomic mass is 79.9. The summed E-state index contributed by atoms with van der Waals surface area (Å²) in [6, 6.07) is 6.23. The highest BCUT2D eigenvalue weighted by Crippen LogP contribution is 2.28. The van der Waals surface area contributed by atoms with E-state index in [-0.39, 0.29) is 0 Å². The Kier molecular flexibility index (Phi) is 4.86. The van der Waals surface area contributed by atoms with Gasteiger partial charge >= 0.3 is 0 Å². The summed E-state index contributed by atoms with van der Waals surface area (Å²) in [5.41, 5.74) is 1.24. The Morgan fingerprint density at radius 3 is 2.94 bits per heavy atom. The summed E-state index contributed by atoms with van der Waals surface area (Å²) in [5.74, 6) is 1.93. The average molecular weight is 298 g/mol. The fraction of sp³-hybridized carbons (Fsp3) is 0.571. The third-order valence-electron chi connectivity index (χ3n) is 2.93. The van der Waals surface area contributed by atoms with Crippen molar-refractivity contribution < 1.29 is 4.74 Å². The molecule has 0 unspecified atom stereocenters. The maximum absolute atomic E-state index is 5.75. The third-order valence-corrected chi connectivity index (χ3v) is 3.42. The molecule has 1 aromatic rings. The Morgan fingerprint density at radius 2 is 2.24 bits per heavy atom. The van der Waals surface area contributed by atoms with Crippen molar-refractivity contribution in [1.82, 2.24) is 5.32 Å². The molecule has 1 saturated carbocycles. The van der Waals surface area contributed by atoms with Crippen molar-refractivity contribution in [2.75, 3.05) is 13.2 Å². The lowest BCUT2D eigenvalue weighted by atomic mass is 10.2. The number of halogens is 1. The smallest absolute Gasteiger partial charge is 0.123 e. The molecule has 0 saturated heterocycles. The molecular weight excluding hydrogens is 278 g/mol. The first-order valence-electron chi connectivity index (χ1n) is 6.41. The highest BCUT2D eigenvalue weighted by Gasteiger charge is 2.20. The summed E-state index contributed by atoms with van der Waals surface area (Å²) >= 11 is 3.51. The Bertz CT molecular complexity index is 363. The second-order valence-electron chi connectivity index (χ2n) is 4.67. The number of benzene rings is 1. The first-order chi connectivity index (χ1) is 8.29. The Morgan fingerprint density at radius 1 is 1.41 bits per heavy atom. The van der Waals surface area contributed by atoms with Crippen molar-refractivity contribution in [2.45, 2.75) is 32.7 Å². The molecule has 0 radical (unpaired) electrons. The van der Waals surface area contributed by atoms with Crippen LogP contribution in [0.3, 0.4) is 0 Å². The van der Waals surface area contributed by atoms with E-state index >= 15 is 0 Å². The van der Waals surface area contributed by atoms with E-state index in [0.29, 0.717) is 0 Å². The third kappa shape index (κ3) is 4.32. The maximum Gasteiger partial charge on any atom is 0.123 e. The molecule has 0 spiro atoms. The van der Waals surface area contributed by atoms with Gasteiger partial charge < -0.3 is 10.1 Å². The Hall–Kier alpha value is -0.540. The van der Waals surface area contributed by atoms with E-state index < -0.39 is 0 Å². The molecule has 3 heteroatoms. The molecule has 0 amide bonds. The van der Waals surface area contributed by atoms with Gasteiger partial charge in [0, 0.05) is 16.6 Å². The van der Waals surface area contributed by atoms with Crippen LogP contribution in [0.15, 0.2) is 22.7 Å². The molecule has 0 aliphatic heterocycles. The van der Waals surface area contributed by atoms with Crippen LogP contribution in [0.4, 0.5) is 0 Å². The van der Waals surface area contributed by atoms with Crippen LogP contribution < -0.4 is 10.1 Å². The minimum atomic E-state index is 0.789. The molecule has 17 heavy (non-hydrogen) atoms. The molecular formula is C14H20BrNO. The Labute approximate surface area is 112 Å². The van der Waals surface area contributed by atoms with Gasteiger partial charge in [-0.1, -0.05) is 22.9 Å². The van der Waals surface area contributed by atoms with Gasteiger partial charge in [-0.3, -0.25) is 0 Å². The summed E-state index contributed by atoms with van der Waals surface area (Å²) < 4.78 is 6.87. The summed E-state index contributed by atoms with van der Waals surface area (Å²) in [6.45, 7) is 4.95. The van der Waals surface area contributed by atoms with E-state index in [2.05, 4.69) is 34.2 Å². The van der Waals surface area contributed by atoms with E-state index in [1.165, 1.54) is 18.4 Å². The molecule has 0 aromatic heterocycles. The topological polar surface area (TPSA) is 21.3 Å². The molecule has 0 heterocycles. The second kappa shape index (κ2) is 6.41. The van der Waals surface area contributed by atoms with Crippen LogP contribution in [0.2, 0.25) is 0 Å². The van der Waals surface area contributed by atoms with Gasteiger partial charge in [-0.15, -0.1) is 0 Å². The molecule has 1 fully saturated rings. The van der Waals surface area contributed by atoms with Crippen molar-refractivity contribution in [3.05, 3.63) is 28.2 Å². The van der Waals surface area contributed by atoms with Crippen LogP contribution in [0.5, 0.6) is 5.75 Å². The van der Waals surface area contributed by atoms with Gasteiger partial charge in [-0.25, -0.2) is 0 Å². The minimum Gasteiger partial charge on any atom is -0.493 e. The fourth-order valence-corrected chi connectivity index (χ4v) is 2.18. The lowest BCUT2D eigenvalue weighted by Crippen LogP contribution is -2.16. The SMILES string of the molecule is CCCOc1ccc(Br)cc1CNCC1CC1. The lowest BCUT2D eigenvalue weighted by Gasteiger charge is -2.12. The van der Waals surface area contributed by atoms with E-state index in [4.69, 9.17) is 4.74 Å². The zero-order valence-corrected chi connectivity index (χ0v) is 11.9. The fourth-order valence-electron chi connectivity index (χ4n) is 1.77. The number of hydrogen-bond donors (Lipinski definition) is 1. The zero-order chi connectivity index (χ0) is 12.1. The molecule has 2 nitrogen and oxygen atoms in total. The van der Waals surface area contributed by atoms with Crippen LogP contribution in [0.1, 0.15) is 31.7 Å². The van der Waals surface area contributed by atoms with Crippen molar-refractivity contribution in [3.8, 4) is 5.75 Å². The van der Waals surface area contributed by atoms with Crippen LogP contribution >= 0.6 is 15.9 Å². The van der Waals surface area contributed by atoms with Gasteiger partial charge in [-0.2, -0.15) is 0 Å². The van der Waals surface area contributed by atoms with Crippen LogP contribution in [-0.4, -0.2) is 13.2 Å². The molecule has 2 rings (SSSR count). The minimum absolute atomic E-state index is 0.789. The summed E-state index contributed by atoms with van der Waals surface area (Å²) in [7, 11) is 0. The first-order valence-corrected chi connectivity index (χ1v) is 7.21. The number of hydrogen-bond acceptors (Lipinski definition) is 2. The summed E-state index contributed by atoms with van der Waals surface area (Å²) in [5, 5.41) is 3.51. The average Bonchev–Trinajstić information content (AvgIpc) is 3.12. The largest absolute Gasteiger partial charge is 0.493 e. The van der Waals surface area contributed by atoms with E-state index in [1.807, 2.05) is 12.1 Å². The van der Waals surface area contributed by atoms with Crippen molar-refractivity contribution in [3.63, 3.8) is 0 Å². The zero-order valence-electron chi connectivity index (χ0n) is 10.3. The van der Waals surface area contributed by atoms with Gasteiger partial charge in [0.15, 0.2) is 0 Å². The highest BCUT2D eigenvalue weighted by molar-refractivity contribution is 9.10. The quantitative estimate of drug-likeness (QED) is 0.828. The van der Waals surface area contributed by atoms with Gasteiger partial charge in [-0.05, 0) is 49.9 Å². The van der Waals surface area contributed by atoms with Gasteiger partial charge in [0.25, 0.3) is 0 Å². The molecule has 1 aliphatic rings. The number of nitrogens with one attached hydrogen (secondary N) is 1. The van der Waals surface area contributed by atoms with Crippen molar-refractivity contribution in [1.29, 1.82) is 0 Å². The van der Waals surface area contributed by atoms with E-state index in [1.54, 1.807) is 0 Å². The summed E-state index contributed by atoms with van der Waals surface area (Å²) in [6.07, 6.45) is 3.83. The molecule has 1 N–H and O–H groups in total. The van der Waals surface area contributed by atoms with Crippen molar-refractivity contribution in [2.24, 2.45) is 5.92 Å². The molecule has 1 aliphatic carbocycles. The van der Waals surface area contributed by atoms with Gasteiger partial charge in [0.1, 0.15) is 5.75 Å². The number of ether oxygens (including phenoxy) is 1. The van der Waals surface area contributed by atoms with Gasteiger partial charge in [0.2, 0.25) is 0 Å². The maximum atomic E-state index is 5.75. The molecule has 0 atom stereocenters. The van der Waals surface area contributed by atoms with Crippen molar-refractivity contribution >= 4 is 15.9 Å². The van der Waals surface area contributed by atoms with E-state index in [0.717, 1.165) is 42.3 Å². The van der Waals surface area contributed by atoms with Crippen LogP contribution in [0, 0.1) is 5.92 Å². The lowest BCUT2D eigenvalue weighted by molar-refractivity contribution is 0.313. The summed E-state index contributed by atoms with van der Waals surface area (Å²) in [4.78, 5) is 0. The van der Waals surface area contributed by atoms with Crippen LogP contribution in [0.25, 0.3) is 0 Å². The second-order valence-corrected chi connectivity index (χ2v) is 5.59. The molecule has 0 bridgehead atoms. The normalized spacial score (nSPS) is 14.9. The molecule has 94 valence electrons. The standard InChI is InChI=1S/C14H20BrNO/c1-2-7-17-14-6-5-13(15)8-12(14)10-16-9-11-3-4-11/h5-6,8,11,16H,2-4,7,9-10H2,1H3. The van der Waals surface area contributed by atoms with Gasteiger partial charge in [0.05, 0.1) is 6.61 Å². The van der Waals surface area contributed by atoms with E-state index in [9.17, 15) is 0 Å². The predicted octanol–water partition coefficient (Wildman–Crippen LogP) is 3.74. The van der Waals surface area contributed by atoms with Crippen LogP contribution in [-0.2, 0) is 6.54 Å². The predicted molar refractivity (Wildman–Crippen MR) is 74.4 cm³/mol. The number of rotatable bonds is 7. The molecule has 1 aromatic carbocycles.